The number of nitrogens with two attached hydrogens (primary N) is 1. The standard InChI is InChI=1S/C11H16N4OS/c1-7(2)6-13-8-4-3-5-9-10(8)11(12)15-17(16)14-9/h3-5,7,13-14H,6H2,1-2H3,(H2,12,15). The Balaban J connectivity index is 2.35. The van der Waals surface area contributed by atoms with Gasteiger partial charge in [-0.2, -0.15) is 4.40 Å². The molecule has 1 heterocycles. The molecule has 0 aliphatic carbocycles. The summed E-state index contributed by atoms with van der Waals surface area (Å²) in [7, 11) is 0. The van der Waals surface area contributed by atoms with E-state index in [9.17, 15) is 4.21 Å². The monoisotopic (exact) mass is 252 g/mol. The van der Waals surface area contributed by atoms with Crippen LogP contribution in [0.3, 0.4) is 0 Å². The summed E-state index contributed by atoms with van der Waals surface area (Å²) < 4.78 is 17.9. The van der Waals surface area contributed by atoms with Crippen molar-refractivity contribution in [1.82, 2.24) is 0 Å². The van der Waals surface area contributed by atoms with Gasteiger partial charge in [0.2, 0.25) is 11.2 Å². The minimum absolute atomic E-state index is 0.309. The quantitative estimate of drug-likeness (QED) is 0.762. The molecule has 1 aliphatic heterocycles. The Kier molecular flexibility index (Phi) is 3.33. The van der Waals surface area contributed by atoms with Gasteiger partial charge in [0.1, 0.15) is 5.84 Å². The molecule has 1 aromatic rings. The van der Waals surface area contributed by atoms with Crippen molar-refractivity contribution in [2.24, 2.45) is 16.0 Å². The second kappa shape index (κ2) is 4.75. The number of nitrogens with one attached hydrogen (secondary N) is 2. The van der Waals surface area contributed by atoms with Crippen LogP contribution in [0, 0.1) is 5.92 Å². The van der Waals surface area contributed by atoms with Crippen LogP contribution in [0.1, 0.15) is 19.4 Å². The second-order valence-corrected chi connectivity index (χ2v) is 5.22. The lowest BCUT2D eigenvalue weighted by atomic mass is 10.1. The zero-order valence-corrected chi connectivity index (χ0v) is 10.7. The first-order valence-corrected chi connectivity index (χ1v) is 6.58. The predicted octanol–water partition coefficient (Wildman–Crippen LogP) is 1.46. The van der Waals surface area contributed by atoms with Gasteiger partial charge in [-0.15, -0.1) is 0 Å². The van der Waals surface area contributed by atoms with Gasteiger partial charge in [-0.25, -0.2) is 4.21 Å². The van der Waals surface area contributed by atoms with Crippen molar-refractivity contribution < 1.29 is 4.21 Å². The maximum absolute atomic E-state index is 11.3. The Morgan fingerprint density at radius 3 is 3.00 bits per heavy atom. The molecule has 4 N–H and O–H groups in total. The van der Waals surface area contributed by atoms with Gasteiger partial charge in [-0.3, -0.25) is 4.72 Å². The molecule has 5 nitrogen and oxygen atoms in total. The Morgan fingerprint density at radius 1 is 1.53 bits per heavy atom. The Hall–Kier alpha value is -1.56. The molecular weight excluding hydrogens is 236 g/mol. The van der Waals surface area contributed by atoms with E-state index in [2.05, 4.69) is 28.3 Å². The third kappa shape index (κ3) is 2.58. The fraction of sp³-hybridized carbons (Fsp3) is 0.364. The molecule has 0 aromatic heterocycles. The number of fused-ring (bicyclic) bond motifs is 1. The fourth-order valence-corrected chi connectivity index (χ4v) is 2.30. The molecule has 0 spiro atoms. The van der Waals surface area contributed by atoms with Crippen LogP contribution in [-0.4, -0.2) is 16.6 Å². The SMILES string of the molecule is CC(C)CNc1cccc2c1C(N)=NS(=O)N2. The predicted molar refractivity (Wildman–Crippen MR) is 72.3 cm³/mol. The van der Waals surface area contributed by atoms with Crippen LogP contribution < -0.4 is 15.8 Å². The molecule has 0 fully saturated rings. The minimum atomic E-state index is -1.47. The van der Waals surface area contributed by atoms with E-state index < -0.39 is 11.2 Å². The van der Waals surface area contributed by atoms with Crippen LogP contribution in [-0.2, 0) is 11.2 Å². The van der Waals surface area contributed by atoms with Gasteiger partial charge < -0.3 is 11.1 Å². The first-order valence-electron chi connectivity index (χ1n) is 5.48. The van der Waals surface area contributed by atoms with E-state index in [1.807, 2.05) is 18.2 Å². The number of rotatable bonds is 3. The van der Waals surface area contributed by atoms with E-state index in [1.54, 1.807) is 0 Å². The molecule has 1 unspecified atom stereocenters. The molecule has 1 aliphatic rings. The average molecular weight is 252 g/mol. The molecule has 1 atom stereocenters. The third-order valence-corrected chi connectivity index (χ3v) is 3.16. The van der Waals surface area contributed by atoms with Crippen molar-refractivity contribution in [3.05, 3.63) is 23.8 Å². The average Bonchev–Trinajstić information content (AvgIpc) is 2.25. The lowest BCUT2D eigenvalue weighted by Gasteiger charge is -2.19. The highest BCUT2D eigenvalue weighted by Crippen LogP contribution is 2.27. The van der Waals surface area contributed by atoms with Crippen molar-refractivity contribution in [1.29, 1.82) is 0 Å². The zero-order chi connectivity index (χ0) is 12.4. The van der Waals surface area contributed by atoms with Gasteiger partial charge in [-0.05, 0) is 18.1 Å². The molecular formula is C11H16N4OS. The molecule has 0 saturated carbocycles. The van der Waals surface area contributed by atoms with E-state index in [4.69, 9.17) is 5.73 Å². The van der Waals surface area contributed by atoms with E-state index in [1.165, 1.54) is 0 Å². The molecule has 6 heteroatoms. The van der Waals surface area contributed by atoms with Crippen molar-refractivity contribution in [3.63, 3.8) is 0 Å². The number of hydrogen-bond acceptors (Lipinski definition) is 3. The van der Waals surface area contributed by atoms with Crippen LogP contribution >= 0.6 is 0 Å². The van der Waals surface area contributed by atoms with Crippen LogP contribution in [0.2, 0.25) is 0 Å². The minimum Gasteiger partial charge on any atom is -0.384 e. The first-order chi connectivity index (χ1) is 8.08. The van der Waals surface area contributed by atoms with Crippen molar-refractivity contribution in [3.8, 4) is 0 Å². The summed E-state index contributed by atoms with van der Waals surface area (Å²) in [5.74, 6) is 0.846. The van der Waals surface area contributed by atoms with E-state index in [0.717, 1.165) is 23.5 Å². The molecule has 0 amide bonds. The van der Waals surface area contributed by atoms with Gasteiger partial charge in [0.25, 0.3) is 0 Å². The van der Waals surface area contributed by atoms with Crippen molar-refractivity contribution in [2.75, 3.05) is 16.6 Å². The largest absolute Gasteiger partial charge is 0.384 e. The van der Waals surface area contributed by atoms with E-state index in [0.29, 0.717) is 11.8 Å². The summed E-state index contributed by atoms with van der Waals surface area (Å²) in [6.45, 7) is 5.12. The molecule has 0 saturated heterocycles. The maximum Gasteiger partial charge on any atom is 0.245 e. The van der Waals surface area contributed by atoms with Gasteiger partial charge in [0, 0.05) is 12.2 Å². The Bertz CT molecular complexity index is 484. The highest BCUT2D eigenvalue weighted by Gasteiger charge is 2.18. The van der Waals surface area contributed by atoms with Crippen LogP contribution in [0.25, 0.3) is 0 Å². The van der Waals surface area contributed by atoms with Crippen LogP contribution in [0.5, 0.6) is 0 Å². The zero-order valence-electron chi connectivity index (χ0n) is 9.86. The summed E-state index contributed by atoms with van der Waals surface area (Å²) in [6, 6.07) is 5.68. The smallest absolute Gasteiger partial charge is 0.245 e. The van der Waals surface area contributed by atoms with E-state index in [-0.39, 0.29) is 0 Å². The third-order valence-electron chi connectivity index (χ3n) is 2.40. The Labute approximate surface area is 103 Å². The summed E-state index contributed by atoms with van der Waals surface area (Å²) >= 11 is -1.47. The van der Waals surface area contributed by atoms with Gasteiger partial charge in [0.05, 0.1) is 11.3 Å². The molecule has 1 aromatic carbocycles. The van der Waals surface area contributed by atoms with Crippen molar-refractivity contribution in [2.45, 2.75) is 13.8 Å². The lowest BCUT2D eigenvalue weighted by Crippen LogP contribution is -2.25. The lowest BCUT2D eigenvalue weighted by molar-refractivity contribution is 0.686. The summed E-state index contributed by atoms with van der Waals surface area (Å²) in [5.41, 5.74) is 8.29. The van der Waals surface area contributed by atoms with Crippen LogP contribution in [0.15, 0.2) is 22.6 Å². The number of amidine groups is 1. The van der Waals surface area contributed by atoms with Gasteiger partial charge in [0.15, 0.2) is 0 Å². The summed E-state index contributed by atoms with van der Waals surface area (Å²) in [4.78, 5) is 0. The molecule has 92 valence electrons. The molecule has 17 heavy (non-hydrogen) atoms. The second-order valence-electron chi connectivity index (χ2n) is 4.33. The summed E-state index contributed by atoms with van der Waals surface area (Å²) in [5, 5.41) is 3.32. The maximum atomic E-state index is 11.3. The summed E-state index contributed by atoms with van der Waals surface area (Å²) in [6.07, 6.45) is 0. The van der Waals surface area contributed by atoms with Gasteiger partial charge in [-0.1, -0.05) is 19.9 Å². The van der Waals surface area contributed by atoms with E-state index >= 15 is 0 Å². The topological polar surface area (TPSA) is 79.5 Å². The number of nitrogens with zero attached hydrogens (tertiary/aromatic N) is 1. The van der Waals surface area contributed by atoms with Crippen LogP contribution in [0.4, 0.5) is 11.4 Å². The molecule has 0 radical (unpaired) electrons. The number of benzene rings is 1. The number of hydrogen-bond donors (Lipinski definition) is 3. The molecule has 0 bridgehead atoms. The highest BCUT2D eigenvalue weighted by molar-refractivity contribution is 7.85. The molecule has 2 rings (SSSR count). The Morgan fingerprint density at radius 2 is 2.29 bits per heavy atom. The van der Waals surface area contributed by atoms with Crippen molar-refractivity contribution >= 4 is 28.4 Å². The first kappa shape index (κ1) is 11.9. The number of anilines is 2. The van der Waals surface area contributed by atoms with Gasteiger partial charge >= 0.3 is 0 Å². The highest BCUT2D eigenvalue weighted by atomic mass is 32.2. The normalized spacial score (nSPS) is 18.3. The fourth-order valence-electron chi connectivity index (χ4n) is 1.63.